The van der Waals surface area contributed by atoms with Crippen LogP contribution in [0.5, 0.6) is 5.75 Å². The number of thioether (sulfide) groups is 1. The van der Waals surface area contributed by atoms with Gasteiger partial charge in [-0.3, -0.25) is 9.59 Å². The molecule has 2 rings (SSSR count). The zero-order chi connectivity index (χ0) is 19.3. The molecule has 2 aromatic rings. The van der Waals surface area contributed by atoms with Crippen molar-refractivity contribution in [3.05, 3.63) is 53.3 Å². The summed E-state index contributed by atoms with van der Waals surface area (Å²) in [5.74, 6) is -5.61. The van der Waals surface area contributed by atoms with Gasteiger partial charge in [0.15, 0.2) is 17.5 Å². The highest BCUT2D eigenvalue weighted by Crippen LogP contribution is 2.25. The molecule has 26 heavy (non-hydrogen) atoms. The fourth-order valence-corrected chi connectivity index (χ4v) is 2.49. The first-order chi connectivity index (χ1) is 12.4. The zero-order valence-corrected chi connectivity index (χ0v) is 14.7. The molecule has 0 unspecified atom stereocenters. The van der Waals surface area contributed by atoms with Crippen molar-refractivity contribution >= 4 is 29.3 Å². The fourth-order valence-electron chi connectivity index (χ4n) is 2.06. The Morgan fingerprint density at radius 3 is 2.50 bits per heavy atom. The van der Waals surface area contributed by atoms with Crippen LogP contribution in [0.4, 0.5) is 18.9 Å². The largest absolute Gasteiger partial charge is 0.496 e. The van der Waals surface area contributed by atoms with Crippen molar-refractivity contribution in [1.82, 2.24) is 5.32 Å². The van der Waals surface area contributed by atoms with Gasteiger partial charge in [0.05, 0.1) is 24.9 Å². The predicted molar refractivity (Wildman–Crippen MR) is 92.1 cm³/mol. The molecule has 138 valence electrons. The Morgan fingerprint density at radius 2 is 1.85 bits per heavy atom. The van der Waals surface area contributed by atoms with Crippen molar-refractivity contribution < 1.29 is 27.5 Å². The van der Waals surface area contributed by atoms with Crippen LogP contribution in [0.15, 0.2) is 35.2 Å². The van der Waals surface area contributed by atoms with E-state index in [9.17, 15) is 22.8 Å². The van der Waals surface area contributed by atoms with Crippen LogP contribution < -0.4 is 15.4 Å². The molecule has 2 aromatic carbocycles. The van der Waals surface area contributed by atoms with Crippen molar-refractivity contribution in [1.29, 1.82) is 0 Å². The van der Waals surface area contributed by atoms with Gasteiger partial charge >= 0.3 is 0 Å². The molecule has 0 heterocycles. The van der Waals surface area contributed by atoms with Crippen LogP contribution in [0.25, 0.3) is 0 Å². The number of halogens is 3. The molecule has 0 aliphatic heterocycles. The Bertz CT molecular complexity index is 846. The maximum absolute atomic E-state index is 13.5. The molecule has 0 saturated carbocycles. The molecule has 9 heteroatoms. The minimum atomic E-state index is -1.69. The molecular weight excluding hydrogens is 369 g/mol. The summed E-state index contributed by atoms with van der Waals surface area (Å²) in [5, 5.41) is 4.41. The maximum atomic E-state index is 13.5. The van der Waals surface area contributed by atoms with E-state index < -0.39 is 41.5 Å². The number of rotatable bonds is 6. The maximum Gasteiger partial charge on any atom is 0.255 e. The number of methoxy groups -OCH3 is 1. The van der Waals surface area contributed by atoms with Crippen molar-refractivity contribution in [2.24, 2.45) is 0 Å². The second-order valence-electron chi connectivity index (χ2n) is 5.02. The molecule has 0 saturated heterocycles. The Hall–Kier alpha value is -2.68. The van der Waals surface area contributed by atoms with Crippen LogP contribution in [-0.2, 0) is 4.79 Å². The summed E-state index contributed by atoms with van der Waals surface area (Å²) in [6.07, 6.45) is 1.87. The molecule has 0 aliphatic carbocycles. The average Bonchev–Trinajstić information content (AvgIpc) is 2.65. The minimum absolute atomic E-state index is 0.220. The van der Waals surface area contributed by atoms with Gasteiger partial charge in [0.25, 0.3) is 5.91 Å². The summed E-state index contributed by atoms with van der Waals surface area (Å²) in [7, 11) is 1.41. The summed E-state index contributed by atoms with van der Waals surface area (Å²) in [6.45, 7) is -0.495. The number of hydrogen-bond donors (Lipinski definition) is 2. The lowest BCUT2D eigenvalue weighted by Crippen LogP contribution is -2.33. The van der Waals surface area contributed by atoms with E-state index in [1.807, 2.05) is 6.26 Å². The van der Waals surface area contributed by atoms with Crippen LogP contribution in [0.1, 0.15) is 10.4 Å². The number of carbonyl (C=O) groups is 2. The lowest BCUT2D eigenvalue weighted by Gasteiger charge is -2.11. The number of ether oxygens (including phenoxy) is 1. The van der Waals surface area contributed by atoms with Gasteiger partial charge in [0, 0.05) is 4.90 Å². The first-order valence-corrected chi connectivity index (χ1v) is 8.53. The lowest BCUT2D eigenvalue weighted by molar-refractivity contribution is -0.115. The third-order valence-electron chi connectivity index (χ3n) is 3.37. The van der Waals surface area contributed by atoms with E-state index in [0.29, 0.717) is 11.8 Å². The monoisotopic (exact) mass is 384 g/mol. The smallest absolute Gasteiger partial charge is 0.255 e. The predicted octanol–water partition coefficient (Wildman–Crippen LogP) is 3.20. The van der Waals surface area contributed by atoms with Crippen LogP contribution >= 0.6 is 11.8 Å². The van der Waals surface area contributed by atoms with Crippen molar-refractivity contribution in [2.45, 2.75) is 4.90 Å². The first kappa shape index (κ1) is 19.6. The first-order valence-electron chi connectivity index (χ1n) is 7.31. The molecule has 0 spiro atoms. The van der Waals surface area contributed by atoms with Crippen molar-refractivity contribution in [3.63, 3.8) is 0 Å². The number of carbonyl (C=O) groups excluding carboxylic acids is 2. The van der Waals surface area contributed by atoms with E-state index in [4.69, 9.17) is 4.74 Å². The standard InChI is InChI=1S/C17H15F3N2O3S/c1-25-13-7-9(26-2)3-4-10(13)17(24)21-8-14(23)22-12-6-5-11(18)15(19)16(12)20/h3-7H,8H2,1-2H3,(H,21,24)(H,22,23). The van der Waals surface area contributed by atoms with Gasteiger partial charge in [0.2, 0.25) is 5.91 Å². The van der Waals surface area contributed by atoms with Crippen LogP contribution in [0, 0.1) is 17.5 Å². The third kappa shape index (κ3) is 4.48. The fraction of sp³-hybridized carbons (Fsp3) is 0.176. The van der Waals surface area contributed by atoms with Gasteiger partial charge in [0.1, 0.15) is 5.75 Å². The molecule has 0 aliphatic rings. The second kappa shape index (κ2) is 8.61. The molecule has 0 atom stereocenters. The van der Waals surface area contributed by atoms with Crippen molar-refractivity contribution in [3.8, 4) is 5.75 Å². The van der Waals surface area contributed by atoms with Gasteiger partial charge in [-0.15, -0.1) is 11.8 Å². The molecule has 0 aromatic heterocycles. The van der Waals surface area contributed by atoms with Crippen molar-refractivity contribution in [2.75, 3.05) is 25.2 Å². The Balaban J connectivity index is 2.01. The SMILES string of the molecule is COc1cc(SC)ccc1C(=O)NCC(=O)Nc1ccc(F)c(F)c1F. The summed E-state index contributed by atoms with van der Waals surface area (Å²) in [6, 6.07) is 6.52. The van der Waals surface area contributed by atoms with E-state index in [1.54, 1.807) is 18.2 Å². The van der Waals surface area contributed by atoms with Gasteiger partial charge in [-0.2, -0.15) is 0 Å². The average molecular weight is 384 g/mol. The summed E-state index contributed by atoms with van der Waals surface area (Å²) < 4.78 is 44.7. The van der Waals surface area contributed by atoms with Gasteiger partial charge in [-0.05, 0) is 36.6 Å². The van der Waals surface area contributed by atoms with E-state index in [2.05, 4.69) is 10.6 Å². The summed E-state index contributed by atoms with van der Waals surface area (Å²) in [5.41, 5.74) is -0.304. The minimum Gasteiger partial charge on any atom is -0.496 e. The molecule has 2 N–H and O–H groups in total. The van der Waals surface area contributed by atoms with E-state index in [1.165, 1.54) is 18.9 Å². The highest BCUT2D eigenvalue weighted by molar-refractivity contribution is 7.98. The van der Waals surface area contributed by atoms with Gasteiger partial charge in [-0.25, -0.2) is 13.2 Å². The highest BCUT2D eigenvalue weighted by Gasteiger charge is 2.17. The number of amides is 2. The Kier molecular flexibility index (Phi) is 6.51. The van der Waals surface area contributed by atoms with E-state index >= 15 is 0 Å². The summed E-state index contributed by atoms with van der Waals surface area (Å²) in [4.78, 5) is 24.9. The second-order valence-corrected chi connectivity index (χ2v) is 5.90. The molecule has 0 bridgehead atoms. The third-order valence-corrected chi connectivity index (χ3v) is 4.10. The van der Waals surface area contributed by atoms with Crippen LogP contribution in [0.2, 0.25) is 0 Å². The highest BCUT2D eigenvalue weighted by atomic mass is 32.2. The molecule has 2 amide bonds. The van der Waals surface area contributed by atoms with Crippen LogP contribution in [0.3, 0.4) is 0 Å². The Labute approximate surface area is 151 Å². The van der Waals surface area contributed by atoms with E-state index in [-0.39, 0.29) is 5.56 Å². The molecule has 0 radical (unpaired) electrons. The molecule has 5 nitrogen and oxygen atoms in total. The topological polar surface area (TPSA) is 67.4 Å². The van der Waals surface area contributed by atoms with Gasteiger partial charge in [-0.1, -0.05) is 0 Å². The van der Waals surface area contributed by atoms with Gasteiger partial charge < -0.3 is 15.4 Å². The number of hydrogen-bond acceptors (Lipinski definition) is 4. The molecular formula is C17H15F3N2O3S. The van der Waals surface area contributed by atoms with E-state index in [0.717, 1.165) is 11.0 Å². The lowest BCUT2D eigenvalue weighted by atomic mass is 10.2. The normalized spacial score (nSPS) is 10.3. The quantitative estimate of drug-likeness (QED) is 0.593. The summed E-state index contributed by atoms with van der Waals surface area (Å²) >= 11 is 1.47. The zero-order valence-electron chi connectivity index (χ0n) is 13.9. The molecule has 0 fully saturated rings. The van der Waals surface area contributed by atoms with Crippen LogP contribution in [-0.4, -0.2) is 31.7 Å². The number of anilines is 1. The Morgan fingerprint density at radius 1 is 1.12 bits per heavy atom. The number of benzene rings is 2. The number of nitrogens with one attached hydrogen (secondary N) is 2.